The normalized spacial score (nSPS) is 10.8. The molecule has 0 radical (unpaired) electrons. The van der Waals surface area contributed by atoms with Crippen LogP contribution >= 0.6 is 11.8 Å². The number of aromatic amines is 1. The van der Waals surface area contributed by atoms with Gasteiger partial charge < -0.3 is 15.6 Å². The number of fused-ring (bicyclic) bond motifs is 1. The maximum Gasteiger partial charge on any atom is 0.249 e. The predicted molar refractivity (Wildman–Crippen MR) is 102 cm³/mol. The van der Waals surface area contributed by atoms with E-state index in [1.807, 2.05) is 55.5 Å². The first-order valence-electron chi connectivity index (χ1n) is 8.06. The lowest BCUT2D eigenvalue weighted by Gasteiger charge is -2.08. The lowest BCUT2D eigenvalue weighted by Crippen LogP contribution is -2.27. The van der Waals surface area contributed by atoms with Gasteiger partial charge in [0.1, 0.15) is 0 Å². The average molecular weight is 353 g/mol. The molecule has 0 aliphatic rings. The first-order chi connectivity index (χ1) is 12.2. The molecule has 0 atom stereocenters. The van der Waals surface area contributed by atoms with E-state index in [2.05, 4.69) is 15.6 Å². The smallest absolute Gasteiger partial charge is 0.249 e. The molecule has 0 saturated heterocycles. The van der Waals surface area contributed by atoms with Gasteiger partial charge in [-0.05, 0) is 36.9 Å². The SMILES string of the molecule is CCNCC(=O)Nc1ccc(Sc2cc(=O)[nH]c3ccccc23)cc1. The molecule has 0 spiro atoms. The molecule has 0 aliphatic heterocycles. The molecule has 5 nitrogen and oxygen atoms in total. The first-order valence-corrected chi connectivity index (χ1v) is 8.88. The van der Waals surface area contributed by atoms with Crippen molar-refractivity contribution in [1.82, 2.24) is 10.3 Å². The van der Waals surface area contributed by atoms with Crippen LogP contribution in [0, 0.1) is 0 Å². The van der Waals surface area contributed by atoms with Crippen molar-refractivity contribution in [3.8, 4) is 0 Å². The molecule has 0 saturated carbocycles. The van der Waals surface area contributed by atoms with Crippen LogP contribution in [0.2, 0.25) is 0 Å². The van der Waals surface area contributed by atoms with Crippen molar-refractivity contribution < 1.29 is 4.79 Å². The summed E-state index contributed by atoms with van der Waals surface area (Å²) >= 11 is 1.53. The number of likely N-dealkylation sites (N-methyl/N-ethyl adjacent to an activating group) is 1. The summed E-state index contributed by atoms with van der Waals surface area (Å²) in [6.45, 7) is 3.01. The second-order valence-electron chi connectivity index (χ2n) is 5.50. The summed E-state index contributed by atoms with van der Waals surface area (Å²) in [6, 6.07) is 16.9. The zero-order valence-corrected chi connectivity index (χ0v) is 14.7. The van der Waals surface area contributed by atoms with Gasteiger partial charge in [0.2, 0.25) is 11.5 Å². The molecule has 1 aromatic heterocycles. The molecular formula is C19H19N3O2S. The Morgan fingerprint density at radius 2 is 1.88 bits per heavy atom. The highest BCUT2D eigenvalue weighted by atomic mass is 32.2. The molecule has 3 N–H and O–H groups in total. The first kappa shape index (κ1) is 17.3. The maximum atomic E-state index is 11.8. The van der Waals surface area contributed by atoms with Gasteiger partial charge in [0, 0.05) is 32.4 Å². The van der Waals surface area contributed by atoms with Gasteiger partial charge in [-0.1, -0.05) is 36.9 Å². The Morgan fingerprint density at radius 1 is 1.12 bits per heavy atom. The number of carbonyl (C=O) groups is 1. The molecule has 3 aromatic rings. The zero-order chi connectivity index (χ0) is 17.6. The van der Waals surface area contributed by atoms with Gasteiger partial charge in [0.25, 0.3) is 0 Å². The van der Waals surface area contributed by atoms with Crippen molar-refractivity contribution in [2.75, 3.05) is 18.4 Å². The number of carbonyl (C=O) groups excluding carboxylic acids is 1. The van der Waals surface area contributed by atoms with E-state index in [1.54, 1.807) is 6.07 Å². The second-order valence-corrected chi connectivity index (χ2v) is 6.61. The van der Waals surface area contributed by atoms with E-state index in [0.717, 1.165) is 32.9 Å². The van der Waals surface area contributed by atoms with E-state index >= 15 is 0 Å². The van der Waals surface area contributed by atoms with E-state index in [4.69, 9.17) is 0 Å². The van der Waals surface area contributed by atoms with Crippen molar-refractivity contribution in [3.63, 3.8) is 0 Å². The molecule has 1 heterocycles. The third kappa shape index (κ3) is 4.49. The number of hydrogen-bond acceptors (Lipinski definition) is 4. The van der Waals surface area contributed by atoms with Crippen LogP contribution in [0.1, 0.15) is 6.92 Å². The maximum absolute atomic E-state index is 11.8. The van der Waals surface area contributed by atoms with Crippen molar-refractivity contribution in [2.24, 2.45) is 0 Å². The monoisotopic (exact) mass is 353 g/mol. The fraction of sp³-hybridized carbons (Fsp3) is 0.158. The summed E-state index contributed by atoms with van der Waals surface area (Å²) < 4.78 is 0. The Hall–Kier alpha value is -2.57. The number of pyridine rings is 1. The number of aromatic nitrogens is 1. The van der Waals surface area contributed by atoms with Crippen LogP contribution in [0.4, 0.5) is 5.69 Å². The fourth-order valence-corrected chi connectivity index (χ4v) is 3.41. The number of rotatable bonds is 6. The number of hydrogen-bond donors (Lipinski definition) is 3. The van der Waals surface area contributed by atoms with E-state index in [9.17, 15) is 9.59 Å². The van der Waals surface area contributed by atoms with E-state index in [0.29, 0.717) is 6.54 Å². The van der Waals surface area contributed by atoms with Crippen LogP contribution in [0.25, 0.3) is 10.9 Å². The van der Waals surface area contributed by atoms with Gasteiger partial charge in [-0.25, -0.2) is 0 Å². The van der Waals surface area contributed by atoms with Gasteiger partial charge >= 0.3 is 0 Å². The van der Waals surface area contributed by atoms with E-state index in [-0.39, 0.29) is 11.5 Å². The lowest BCUT2D eigenvalue weighted by molar-refractivity contribution is -0.115. The number of benzene rings is 2. The molecule has 0 aliphatic carbocycles. The van der Waals surface area contributed by atoms with Crippen molar-refractivity contribution >= 4 is 34.3 Å². The summed E-state index contributed by atoms with van der Waals surface area (Å²) in [4.78, 5) is 28.3. The Kier molecular flexibility index (Phi) is 5.53. The molecule has 0 bridgehead atoms. The largest absolute Gasteiger partial charge is 0.325 e. The molecule has 2 aromatic carbocycles. The van der Waals surface area contributed by atoms with Crippen LogP contribution in [-0.2, 0) is 4.79 Å². The fourth-order valence-electron chi connectivity index (χ4n) is 2.43. The molecule has 1 amide bonds. The number of para-hydroxylation sites is 1. The van der Waals surface area contributed by atoms with Crippen molar-refractivity contribution in [1.29, 1.82) is 0 Å². The van der Waals surface area contributed by atoms with Crippen LogP contribution in [-0.4, -0.2) is 24.0 Å². The predicted octanol–water partition coefficient (Wildman–Crippen LogP) is 3.23. The molecule has 6 heteroatoms. The second kappa shape index (κ2) is 8.00. The van der Waals surface area contributed by atoms with E-state index in [1.165, 1.54) is 11.8 Å². The van der Waals surface area contributed by atoms with Gasteiger partial charge in [0.05, 0.1) is 6.54 Å². The Bertz CT molecular complexity index is 935. The summed E-state index contributed by atoms with van der Waals surface area (Å²) in [5.41, 5.74) is 1.46. The summed E-state index contributed by atoms with van der Waals surface area (Å²) in [6.07, 6.45) is 0. The van der Waals surface area contributed by atoms with Gasteiger partial charge in [0.15, 0.2) is 0 Å². The third-order valence-corrected chi connectivity index (χ3v) is 4.68. The lowest BCUT2D eigenvalue weighted by atomic mass is 10.2. The highest BCUT2D eigenvalue weighted by Gasteiger charge is 2.06. The van der Waals surface area contributed by atoms with E-state index < -0.39 is 0 Å². The van der Waals surface area contributed by atoms with Crippen molar-refractivity contribution in [3.05, 3.63) is 65.0 Å². The highest BCUT2D eigenvalue weighted by molar-refractivity contribution is 7.99. The molecular weight excluding hydrogens is 334 g/mol. The van der Waals surface area contributed by atoms with Crippen LogP contribution < -0.4 is 16.2 Å². The van der Waals surface area contributed by atoms with Gasteiger partial charge in [-0.2, -0.15) is 0 Å². The van der Waals surface area contributed by atoms with Gasteiger partial charge in [-0.3, -0.25) is 9.59 Å². The quantitative estimate of drug-likeness (QED) is 0.636. The Morgan fingerprint density at radius 3 is 2.64 bits per heavy atom. The van der Waals surface area contributed by atoms with Crippen molar-refractivity contribution in [2.45, 2.75) is 16.7 Å². The standard InChI is InChI=1S/C19H19N3O2S/c1-2-20-12-19(24)21-13-7-9-14(10-8-13)25-17-11-18(23)22-16-6-4-3-5-15(16)17/h3-11,20H,2,12H2,1H3,(H,21,24)(H,22,23). The number of nitrogens with one attached hydrogen (secondary N) is 3. The molecule has 128 valence electrons. The van der Waals surface area contributed by atoms with Crippen LogP contribution in [0.15, 0.2) is 69.2 Å². The molecule has 25 heavy (non-hydrogen) atoms. The Balaban J connectivity index is 1.76. The highest BCUT2D eigenvalue weighted by Crippen LogP contribution is 2.32. The zero-order valence-electron chi connectivity index (χ0n) is 13.8. The average Bonchev–Trinajstić information content (AvgIpc) is 2.61. The summed E-state index contributed by atoms with van der Waals surface area (Å²) in [5.74, 6) is -0.0668. The minimum Gasteiger partial charge on any atom is -0.325 e. The van der Waals surface area contributed by atoms with Crippen LogP contribution in [0.5, 0.6) is 0 Å². The Labute approximate surface area is 149 Å². The molecule has 0 fully saturated rings. The topological polar surface area (TPSA) is 74.0 Å². The number of amides is 1. The third-order valence-electron chi connectivity index (χ3n) is 3.61. The number of anilines is 1. The molecule has 0 unspecified atom stereocenters. The van der Waals surface area contributed by atoms with Gasteiger partial charge in [-0.15, -0.1) is 0 Å². The minimum atomic E-state index is -0.117. The summed E-state index contributed by atoms with van der Waals surface area (Å²) in [7, 11) is 0. The summed E-state index contributed by atoms with van der Waals surface area (Å²) in [5, 5.41) is 6.84. The molecule has 3 rings (SSSR count). The number of H-pyrrole nitrogens is 1. The minimum absolute atomic E-state index is 0.0668. The van der Waals surface area contributed by atoms with Crippen LogP contribution in [0.3, 0.4) is 0 Å².